The average molecular weight is 255 g/mol. The second-order valence-electron chi connectivity index (χ2n) is 4.15. The van der Waals surface area contributed by atoms with Gasteiger partial charge in [-0.2, -0.15) is 5.10 Å². The molecule has 0 spiro atoms. The Morgan fingerprint density at radius 2 is 2.44 bits per heavy atom. The summed E-state index contributed by atoms with van der Waals surface area (Å²) >= 11 is 0. The van der Waals surface area contributed by atoms with Gasteiger partial charge in [-0.25, -0.2) is 0 Å². The Balaban J connectivity index is 2.41. The Bertz CT molecular complexity index is 379. The molecule has 7 heteroatoms. The minimum Gasteiger partial charge on any atom is -0.396 e. The van der Waals surface area contributed by atoms with Gasteiger partial charge in [0, 0.05) is 19.8 Å². The zero-order valence-corrected chi connectivity index (χ0v) is 10.8. The number of carbonyl (C=O) groups excluding carboxylic acids is 1. The Morgan fingerprint density at radius 3 is 2.94 bits per heavy atom. The highest BCUT2D eigenvalue weighted by Gasteiger charge is 2.13. The van der Waals surface area contributed by atoms with Crippen molar-refractivity contribution in [1.82, 2.24) is 20.0 Å². The van der Waals surface area contributed by atoms with Gasteiger partial charge in [-0.3, -0.25) is 14.4 Å². The number of aliphatic hydroxyl groups excluding tert-OH is 1. The highest BCUT2D eigenvalue weighted by atomic mass is 16.3. The number of anilines is 1. The Labute approximate surface area is 107 Å². The van der Waals surface area contributed by atoms with E-state index in [1.54, 1.807) is 17.9 Å². The first-order valence-electron chi connectivity index (χ1n) is 5.94. The molecule has 0 radical (unpaired) electrons. The molecule has 0 aromatic carbocycles. The van der Waals surface area contributed by atoms with E-state index < -0.39 is 6.10 Å². The van der Waals surface area contributed by atoms with Gasteiger partial charge in [0.05, 0.1) is 31.1 Å². The van der Waals surface area contributed by atoms with Crippen LogP contribution in [0.5, 0.6) is 0 Å². The molecule has 102 valence electrons. The Hall–Kier alpha value is -1.60. The van der Waals surface area contributed by atoms with Gasteiger partial charge in [-0.15, -0.1) is 0 Å². The lowest BCUT2D eigenvalue weighted by Gasteiger charge is -2.22. The fourth-order valence-electron chi connectivity index (χ4n) is 1.64. The van der Waals surface area contributed by atoms with E-state index in [0.29, 0.717) is 25.3 Å². The van der Waals surface area contributed by atoms with Crippen LogP contribution in [0.2, 0.25) is 0 Å². The monoisotopic (exact) mass is 255 g/mol. The molecule has 1 unspecified atom stereocenters. The molecule has 0 aliphatic heterocycles. The van der Waals surface area contributed by atoms with E-state index in [9.17, 15) is 9.90 Å². The largest absolute Gasteiger partial charge is 0.396 e. The molecule has 0 aliphatic carbocycles. The first-order valence-corrected chi connectivity index (χ1v) is 5.94. The number of aromatic nitrogens is 2. The number of carbonyl (C=O) groups is 1. The molecular weight excluding hydrogens is 234 g/mol. The minimum absolute atomic E-state index is 0.0626. The zero-order chi connectivity index (χ0) is 13.5. The van der Waals surface area contributed by atoms with Gasteiger partial charge >= 0.3 is 0 Å². The van der Waals surface area contributed by atoms with E-state index in [0.717, 1.165) is 0 Å². The Kier molecular flexibility index (Phi) is 5.60. The first kappa shape index (κ1) is 14.5. The molecule has 1 aromatic heterocycles. The topological polar surface area (TPSA) is 96.4 Å². The van der Waals surface area contributed by atoms with E-state index in [4.69, 9.17) is 5.73 Å². The third-order valence-electron chi connectivity index (χ3n) is 2.61. The maximum absolute atomic E-state index is 11.3. The van der Waals surface area contributed by atoms with Crippen LogP contribution in [0.1, 0.15) is 6.92 Å². The van der Waals surface area contributed by atoms with Gasteiger partial charge in [-0.05, 0) is 6.54 Å². The van der Waals surface area contributed by atoms with Crippen molar-refractivity contribution in [1.29, 1.82) is 0 Å². The van der Waals surface area contributed by atoms with Crippen molar-refractivity contribution in [2.75, 3.05) is 32.4 Å². The van der Waals surface area contributed by atoms with Crippen LogP contribution in [0.4, 0.5) is 5.69 Å². The van der Waals surface area contributed by atoms with Crippen LogP contribution in [0.3, 0.4) is 0 Å². The molecule has 0 bridgehead atoms. The summed E-state index contributed by atoms with van der Waals surface area (Å²) in [7, 11) is 1.60. The molecule has 1 heterocycles. The summed E-state index contributed by atoms with van der Waals surface area (Å²) in [6.07, 6.45) is 2.61. The smallest absolute Gasteiger partial charge is 0.233 e. The quantitative estimate of drug-likeness (QED) is 0.574. The van der Waals surface area contributed by atoms with Crippen molar-refractivity contribution in [3.05, 3.63) is 12.4 Å². The number of hydrogen-bond donors (Lipinski definition) is 3. The third-order valence-corrected chi connectivity index (χ3v) is 2.61. The van der Waals surface area contributed by atoms with Crippen molar-refractivity contribution in [3.63, 3.8) is 0 Å². The van der Waals surface area contributed by atoms with Gasteiger partial charge in [0.25, 0.3) is 0 Å². The molecule has 18 heavy (non-hydrogen) atoms. The normalized spacial score (nSPS) is 12.7. The molecule has 1 amide bonds. The average Bonchev–Trinajstić information content (AvgIpc) is 2.73. The number of amides is 1. The lowest BCUT2D eigenvalue weighted by Crippen LogP contribution is -2.40. The molecule has 0 saturated carbocycles. The van der Waals surface area contributed by atoms with Crippen LogP contribution in [0, 0.1) is 0 Å². The number of rotatable bonds is 7. The summed E-state index contributed by atoms with van der Waals surface area (Å²) in [5.41, 5.74) is 6.11. The van der Waals surface area contributed by atoms with Crippen LogP contribution >= 0.6 is 0 Å². The van der Waals surface area contributed by atoms with Crippen LogP contribution in [-0.4, -0.2) is 58.5 Å². The number of likely N-dealkylation sites (N-methyl/N-ethyl adjacent to an activating group) is 2. The molecule has 0 saturated heterocycles. The number of nitrogens with two attached hydrogens (primary N) is 1. The summed E-state index contributed by atoms with van der Waals surface area (Å²) in [5.74, 6) is -0.0626. The highest BCUT2D eigenvalue weighted by molar-refractivity contribution is 5.77. The number of hydrogen-bond acceptors (Lipinski definition) is 5. The van der Waals surface area contributed by atoms with E-state index in [-0.39, 0.29) is 12.5 Å². The number of nitrogens with one attached hydrogen (secondary N) is 1. The van der Waals surface area contributed by atoms with Crippen molar-refractivity contribution in [2.45, 2.75) is 19.6 Å². The van der Waals surface area contributed by atoms with Gasteiger partial charge in [0.15, 0.2) is 0 Å². The summed E-state index contributed by atoms with van der Waals surface area (Å²) in [5, 5.41) is 16.5. The van der Waals surface area contributed by atoms with Crippen molar-refractivity contribution >= 4 is 11.6 Å². The Morgan fingerprint density at radius 1 is 1.72 bits per heavy atom. The lowest BCUT2D eigenvalue weighted by molar-refractivity contribution is -0.122. The van der Waals surface area contributed by atoms with Gasteiger partial charge in [0.2, 0.25) is 5.91 Å². The van der Waals surface area contributed by atoms with Crippen molar-refractivity contribution < 1.29 is 9.90 Å². The van der Waals surface area contributed by atoms with Gasteiger partial charge < -0.3 is 16.2 Å². The molecule has 7 nitrogen and oxygen atoms in total. The maximum atomic E-state index is 11.3. The predicted octanol–water partition coefficient (Wildman–Crippen LogP) is -1.11. The maximum Gasteiger partial charge on any atom is 0.233 e. The zero-order valence-electron chi connectivity index (χ0n) is 10.8. The molecule has 0 aliphatic rings. The molecule has 1 aromatic rings. The van der Waals surface area contributed by atoms with E-state index in [1.165, 1.54) is 6.20 Å². The van der Waals surface area contributed by atoms with Gasteiger partial charge in [0.1, 0.15) is 0 Å². The van der Waals surface area contributed by atoms with E-state index in [1.807, 2.05) is 11.8 Å². The molecular formula is C11H21N5O2. The minimum atomic E-state index is -0.589. The first-order chi connectivity index (χ1) is 8.55. The number of aliphatic hydroxyl groups is 1. The SMILES string of the molecule is CCN(CC(=O)NC)CC(O)Cn1cc(N)cn1. The number of nitrogen functional groups attached to an aromatic ring is 1. The predicted molar refractivity (Wildman–Crippen MR) is 68.8 cm³/mol. The summed E-state index contributed by atoms with van der Waals surface area (Å²) in [4.78, 5) is 13.1. The van der Waals surface area contributed by atoms with Gasteiger partial charge in [-0.1, -0.05) is 6.92 Å². The molecule has 1 atom stereocenters. The summed E-state index contributed by atoms with van der Waals surface area (Å²) in [6, 6.07) is 0. The highest BCUT2D eigenvalue weighted by Crippen LogP contribution is 2.01. The van der Waals surface area contributed by atoms with Crippen molar-refractivity contribution in [3.8, 4) is 0 Å². The number of nitrogens with zero attached hydrogens (tertiary/aromatic N) is 3. The third kappa shape index (κ3) is 4.72. The fraction of sp³-hybridized carbons (Fsp3) is 0.636. The molecule has 0 fully saturated rings. The van der Waals surface area contributed by atoms with Crippen LogP contribution < -0.4 is 11.1 Å². The van der Waals surface area contributed by atoms with Crippen LogP contribution in [0.15, 0.2) is 12.4 Å². The second kappa shape index (κ2) is 6.97. The van der Waals surface area contributed by atoms with Crippen LogP contribution in [-0.2, 0) is 11.3 Å². The van der Waals surface area contributed by atoms with E-state index in [2.05, 4.69) is 10.4 Å². The van der Waals surface area contributed by atoms with Crippen LogP contribution in [0.25, 0.3) is 0 Å². The standard InChI is InChI=1S/C11H21N5O2/c1-3-15(8-11(18)13-2)6-10(17)7-16-5-9(12)4-14-16/h4-5,10,17H,3,6-8,12H2,1-2H3,(H,13,18). The fourth-order valence-corrected chi connectivity index (χ4v) is 1.64. The molecule has 1 rings (SSSR count). The second-order valence-corrected chi connectivity index (χ2v) is 4.15. The lowest BCUT2D eigenvalue weighted by atomic mass is 10.3. The van der Waals surface area contributed by atoms with Crippen molar-refractivity contribution in [2.24, 2.45) is 0 Å². The molecule has 4 N–H and O–H groups in total. The summed E-state index contributed by atoms with van der Waals surface area (Å²) in [6.45, 7) is 3.71. The van der Waals surface area contributed by atoms with E-state index >= 15 is 0 Å². The summed E-state index contributed by atoms with van der Waals surface area (Å²) < 4.78 is 1.59.